The maximum Gasteiger partial charge on any atom is 0.214 e. The highest BCUT2D eigenvalue weighted by molar-refractivity contribution is 7.89. The van der Waals surface area contributed by atoms with Gasteiger partial charge in [-0.15, -0.1) is 0 Å². The Hall–Kier alpha value is -1.60. The molecule has 2 saturated heterocycles. The van der Waals surface area contributed by atoms with E-state index in [0.717, 1.165) is 44.4 Å². The van der Waals surface area contributed by atoms with E-state index in [9.17, 15) is 8.42 Å². The summed E-state index contributed by atoms with van der Waals surface area (Å²) in [5, 5.41) is 3.37. The van der Waals surface area contributed by atoms with Crippen LogP contribution in [0.4, 0.5) is 0 Å². The Morgan fingerprint density at radius 2 is 1.93 bits per heavy atom. The summed E-state index contributed by atoms with van der Waals surface area (Å²) in [5.74, 6) is 1.93. The lowest BCUT2D eigenvalue weighted by Gasteiger charge is -2.34. The van der Waals surface area contributed by atoms with Crippen molar-refractivity contribution in [3.8, 4) is 0 Å². The van der Waals surface area contributed by atoms with E-state index >= 15 is 0 Å². The third-order valence-electron chi connectivity index (χ3n) is 5.43. The van der Waals surface area contributed by atoms with Gasteiger partial charge in [0.25, 0.3) is 0 Å². The first kappa shape index (κ1) is 20.1. The van der Waals surface area contributed by atoms with Crippen LogP contribution in [0.15, 0.2) is 35.3 Å². The van der Waals surface area contributed by atoms with E-state index in [2.05, 4.69) is 47.5 Å². The third kappa shape index (κ3) is 5.69. The van der Waals surface area contributed by atoms with E-state index < -0.39 is 10.0 Å². The molecule has 0 radical (unpaired) electrons. The smallest absolute Gasteiger partial charge is 0.214 e. The van der Waals surface area contributed by atoms with Crippen molar-refractivity contribution < 1.29 is 8.42 Å². The molecule has 1 N–H and O–H groups in total. The number of hydrogen-bond donors (Lipinski definition) is 1. The predicted molar refractivity (Wildman–Crippen MR) is 110 cm³/mol. The number of nitrogens with one attached hydrogen (secondary N) is 1. The molecule has 0 bridgehead atoms. The summed E-state index contributed by atoms with van der Waals surface area (Å²) in [6, 6.07) is 10.7. The Morgan fingerprint density at radius 1 is 1.19 bits per heavy atom. The van der Waals surface area contributed by atoms with Gasteiger partial charge in [-0.2, -0.15) is 0 Å². The van der Waals surface area contributed by atoms with E-state index in [0.29, 0.717) is 19.6 Å². The van der Waals surface area contributed by atoms with Gasteiger partial charge in [-0.05, 0) is 44.1 Å². The molecule has 7 heteroatoms. The van der Waals surface area contributed by atoms with Crippen LogP contribution in [0.3, 0.4) is 0 Å². The van der Waals surface area contributed by atoms with Gasteiger partial charge in [-0.25, -0.2) is 12.7 Å². The number of likely N-dealkylation sites (tertiary alicyclic amines) is 1. The number of nitrogens with zero attached hydrogens (tertiary/aromatic N) is 3. The minimum atomic E-state index is -3.03. The number of sulfonamides is 1. The van der Waals surface area contributed by atoms with Gasteiger partial charge < -0.3 is 10.2 Å². The predicted octanol–water partition coefficient (Wildman–Crippen LogP) is 1.94. The maximum atomic E-state index is 11.9. The van der Waals surface area contributed by atoms with E-state index in [4.69, 9.17) is 4.99 Å². The molecule has 2 aliphatic heterocycles. The summed E-state index contributed by atoms with van der Waals surface area (Å²) in [6.45, 7) is 6.55. The van der Waals surface area contributed by atoms with Gasteiger partial charge in [0.2, 0.25) is 10.0 Å². The lowest BCUT2D eigenvalue weighted by atomic mass is 9.90. The standard InChI is InChI=1S/C20H32N4O2S/c1-2-21-20(22-11-15-24-12-6-16-27(24,25)26)23-13-9-19(10-14-23)17-18-7-4-3-5-8-18/h3-5,7-8,19H,2,6,9-17H2,1H3,(H,21,22). The highest BCUT2D eigenvalue weighted by Gasteiger charge is 2.27. The fourth-order valence-corrected chi connectivity index (χ4v) is 5.45. The summed E-state index contributed by atoms with van der Waals surface area (Å²) in [7, 11) is -3.03. The second-order valence-electron chi connectivity index (χ2n) is 7.42. The van der Waals surface area contributed by atoms with Crippen LogP contribution in [0.1, 0.15) is 31.7 Å². The fourth-order valence-electron chi connectivity index (χ4n) is 3.93. The normalized spacial score (nSPS) is 21.5. The molecule has 3 rings (SSSR count). The Balaban J connectivity index is 1.50. The summed E-state index contributed by atoms with van der Waals surface area (Å²) in [4.78, 5) is 7.02. The Bertz CT molecular complexity index is 713. The van der Waals surface area contributed by atoms with Gasteiger partial charge in [0.05, 0.1) is 12.3 Å². The lowest BCUT2D eigenvalue weighted by molar-refractivity contribution is 0.259. The van der Waals surface area contributed by atoms with Crippen molar-refractivity contribution in [3.63, 3.8) is 0 Å². The second-order valence-corrected chi connectivity index (χ2v) is 9.51. The Morgan fingerprint density at radius 3 is 2.56 bits per heavy atom. The molecule has 0 saturated carbocycles. The van der Waals surface area contributed by atoms with Crippen molar-refractivity contribution >= 4 is 16.0 Å². The minimum Gasteiger partial charge on any atom is -0.357 e. The topological polar surface area (TPSA) is 65.0 Å². The number of rotatable bonds is 6. The average Bonchev–Trinajstić information content (AvgIpc) is 3.01. The monoisotopic (exact) mass is 392 g/mol. The van der Waals surface area contributed by atoms with Crippen LogP contribution in [0.2, 0.25) is 0 Å². The highest BCUT2D eigenvalue weighted by Crippen LogP contribution is 2.21. The van der Waals surface area contributed by atoms with Crippen LogP contribution in [-0.4, -0.2) is 68.6 Å². The highest BCUT2D eigenvalue weighted by atomic mass is 32.2. The molecule has 0 aliphatic carbocycles. The molecule has 0 aromatic heterocycles. The van der Waals surface area contributed by atoms with Gasteiger partial charge in [0, 0.05) is 32.7 Å². The van der Waals surface area contributed by atoms with Crippen molar-refractivity contribution in [2.45, 2.75) is 32.6 Å². The van der Waals surface area contributed by atoms with Gasteiger partial charge in [0.15, 0.2) is 5.96 Å². The molecule has 2 heterocycles. The maximum absolute atomic E-state index is 11.9. The zero-order valence-corrected chi connectivity index (χ0v) is 17.1. The molecule has 0 unspecified atom stereocenters. The van der Waals surface area contributed by atoms with E-state index in [-0.39, 0.29) is 5.75 Å². The molecular weight excluding hydrogens is 360 g/mol. The number of aliphatic imine (C=N–C) groups is 1. The average molecular weight is 393 g/mol. The number of piperidine rings is 1. The zero-order chi connectivity index (χ0) is 19.1. The third-order valence-corrected chi connectivity index (χ3v) is 7.39. The molecule has 1 aromatic rings. The lowest BCUT2D eigenvalue weighted by Crippen LogP contribution is -2.46. The number of hydrogen-bond acceptors (Lipinski definition) is 3. The first-order valence-electron chi connectivity index (χ1n) is 10.1. The van der Waals surface area contributed by atoms with Crippen molar-refractivity contribution in [2.24, 2.45) is 10.9 Å². The van der Waals surface area contributed by atoms with Gasteiger partial charge >= 0.3 is 0 Å². The molecular formula is C20H32N4O2S. The van der Waals surface area contributed by atoms with E-state index in [1.54, 1.807) is 4.31 Å². The first-order chi connectivity index (χ1) is 13.1. The molecule has 2 aliphatic rings. The summed E-state index contributed by atoms with van der Waals surface area (Å²) in [6.07, 6.45) is 4.22. The van der Waals surface area contributed by atoms with Crippen molar-refractivity contribution in [1.29, 1.82) is 0 Å². The van der Waals surface area contributed by atoms with Crippen molar-refractivity contribution in [1.82, 2.24) is 14.5 Å². The molecule has 27 heavy (non-hydrogen) atoms. The molecule has 1 aromatic carbocycles. The molecule has 6 nitrogen and oxygen atoms in total. The fraction of sp³-hybridized carbons (Fsp3) is 0.650. The van der Waals surface area contributed by atoms with Gasteiger partial charge in [-0.3, -0.25) is 4.99 Å². The quantitative estimate of drug-likeness (QED) is 0.594. The Kier molecular flexibility index (Phi) is 7.13. The molecule has 150 valence electrons. The molecule has 0 spiro atoms. The van der Waals surface area contributed by atoms with E-state index in [1.165, 1.54) is 18.4 Å². The largest absolute Gasteiger partial charge is 0.357 e. The van der Waals surface area contributed by atoms with Crippen LogP contribution < -0.4 is 5.32 Å². The first-order valence-corrected chi connectivity index (χ1v) is 11.7. The van der Waals surface area contributed by atoms with Crippen LogP contribution in [0.25, 0.3) is 0 Å². The summed E-state index contributed by atoms with van der Waals surface area (Å²) >= 11 is 0. The molecule has 0 atom stereocenters. The SMILES string of the molecule is CCNC(=NCCN1CCCS1(=O)=O)N1CCC(Cc2ccccc2)CC1. The van der Waals surface area contributed by atoms with Gasteiger partial charge in [-0.1, -0.05) is 30.3 Å². The van der Waals surface area contributed by atoms with Crippen molar-refractivity contribution in [3.05, 3.63) is 35.9 Å². The minimum absolute atomic E-state index is 0.283. The second kappa shape index (κ2) is 9.55. The van der Waals surface area contributed by atoms with Gasteiger partial charge in [0.1, 0.15) is 0 Å². The number of benzene rings is 1. The van der Waals surface area contributed by atoms with E-state index in [1.807, 2.05) is 0 Å². The van der Waals surface area contributed by atoms with Crippen LogP contribution in [0.5, 0.6) is 0 Å². The Labute approximate surface area is 163 Å². The molecule has 2 fully saturated rings. The number of guanidine groups is 1. The summed E-state index contributed by atoms with van der Waals surface area (Å²) in [5.41, 5.74) is 1.42. The van der Waals surface area contributed by atoms with Crippen LogP contribution in [-0.2, 0) is 16.4 Å². The van der Waals surface area contributed by atoms with Crippen LogP contribution >= 0.6 is 0 Å². The van der Waals surface area contributed by atoms with Crippen LogP contribution in [0, 0.1) is 5.92 Å². The van der Waals surface area contributed by atoms with Crippen molar-refractivity contribution in [2.75, 3.05) is 45.0 Å². The molecule has 0 amide bonds. The summed E-state index contributed by atoms with van der Waals surface area (Å²) < 4.78 is 25.4. The zero-order valence-electron chi connectivity index (χ0n) is 16.3.